The zero-order chi connectivity index (χ0) is 15.4. The van der Waals surface area contributed by atoms with Crippen LogP contribution in [0.3, 0.4) is 0 Å². The van der Waals surface area contributed by atoms with Gasteiger partial charge in [-0.2, -0.15) is 0 Å². The molecule has 1 aliphatic carbocycles. The molecule has 2 heterocycles. The van der Waals surface area contributed by atoms with Gasteiger partial charge >= 0.3 is 0 Å². The highest BCUT2D eigenvalue weighted by Crippen LogP contribution is 2.30. The van der Waals surface area contributed by atoms with Crippen molar-refractivity contribution in [2.75, 3.05) is 13.1 Å². The van der Waals surface area contributed by atoms with Crippen molar-refractivity contribution in [2.45, 2.75) is 38.6 Å². The van der Waals surface area contributed by atoms with E-state index < -0.39 is 0 Å². The van der Waals surface area contributed by atoms with Crippen LogP contribution in [0, 0.1) is 11.8 Å². The molecule has 22 heavy (non-hydrogen) atoms. The number of likely N-dealkylation sites (tertiary alicyclic amines) is 1. The van der Waals surface area contributed by atoms with Gasteiger partial charge in [-0.15, -0.1) is 0 Å². The molecule has 0 atom stereocenters. The SMILES string of the molecule is O=C(NCc1ccncc1)C1CCN(C(=O)C2CCC2)CC1. The quantitative estimate of drug-likeness (QED) is 0.921. The molecule has 1 aromatic heterocycles. The molecule has 1 N–H and O–H groups in total. The standard InChI is InChI=1S/C17H23N3O2/c21-16(19-12-13-4-8-18-9-5-13)14-6-10-20(11-7-14)17(22)15-2-1-3-15/h4-5,8-9,14-15H,1-3,6-7,10-12H2,(H,19,21). The summed E-state index contributed by atoms with van der Waals surface area (Å²) in [6.45, 7) is 1.99. The van der Waals surface area contributed by atoms with E-state index in [9.17, 15) is 9.59 Å². The molecular formula is C17H23N3O2. The molecule has 2 aliphatic rings. The molecule has 1 saturated carbocycles. The lowest BCUT2D eigenvalue weighted by molar-refractivity contribution is -0.141. The Hall–Kier alpha value is -1.91. The van der Waals surface area contributed by atoms with Crippen molar-refractivity contribution >= 4 is 11.8 Å². The summed E-state index contributed by atoms with van der Waals surface area (Å²) >= 11 is 0. The van der Waals surface area contributed by atoms with Crippen LogP contribution in [0.1, 0.15) is 37.7 Å². The van der Waals surface area contributed by atoms with Gasteiger partial charge < -0.3 is 10.2 Å². The molecule has 1 aromatic rings. The number of piperidine rings is 1. The van der Waals surface area contributed by atoms with Gasteiger partial charge in [0.05, 0.1) is 0 Å². The number of hydrogen-bond donors (Lipinski definition) is 1. The third-order valence-corrected chi connectivity index (χ3v) is 4.85. The van der Waals surface area contributed by atoms with Gasteiger partial charge in [-0.25, -0.2) is 0 Å². The van der Waals surface area contributed by atoms with Gasteiger partial charge in [0.15, 0.2) is 0 Å². The Morgan fingerprint density at radius 2 is 1.77 bits per heavy atom. The largest absolute Gasteiger partial charge is 0.352 e. The van der Waals surface area contributed by atoms with E-state index in [4.69, 9.17) is 0 Å². The first kappa shape index (κ1) is 15.0. The highest BCUT2D eigenvalue weighted by molar-refractivity contribution is 5.81. The van der Waals surface area contributed by atoms with Crippen molar-refractivity contribution in [2.24, 2.45) is 11.8 Å². The minimum atomic E-state index is 0.0345. The van der Waals surface area contributed by atoms with Crippen LogP contribution in [0.15, 0.2) is 24.5 Å². The Morgan fingerprint density at radius 3 is 2.36 bits per heavy atom. The molecule has 5 nitrogen and oxygen atoms in total. The van der Waals surface area contributed by atoms with Crippen LogP contribution >= 0.6 is 0 Å². The highest BCUT2D eigenvalue weighted by atomic mass is 16.2. The fourth-order valence-electron chi connectivity index (χ4n) is 3.11. The molecule has 0 bridgehead atoms. The Balaban J connectivity index is 1.42. The molecule has 0 spiro atoms. The van der Waals surface area contributed by atoms with Crippen molar-refractivity contribution in [1.82, 2.24) is 15.2 Å². The van der Waals surface area contributed by atoms with Crippen molar-refractivity contribution in [1.29, 1.82) is 0 Å². The van der Waals surface area contributed by atoms with E-state index >= 15 is 0 Å². The molecule has 5 heteroatoms. The maximum absolute atomic E-state index is 12.2. The van der Waals surface area contributed by atoms with Crippen LogP contribution in [0.4, 0.5) is 0 Å². The van der Waals surface area contributed by atoms with Gasteiger partial charge in [0.1, 0.15) is 0 Å². The van der Waals surface area contributed by atoms with Crippen molar-refractivity contribution in [3.05, 3.63) is 30.1 Å². The van der Waals surface area contributed by atoms with E-state index in [-0.39, 0.29) is 17.7 Å². The second-order valence-electron chi connectivity index (χ2n) is 6.30. The van der Waals surface area contributed by atoms with Gasteiger partial charge in [0, 0.05) is 43.9 Å². The molecule has 2 amide bonds. The average Bonchev–Trinajstić information content (AvgIpc) is 2.52. The lowest BCUT2D eigenvalue weighted by atomic mass is 9.83. The van der Waals surface area contributed by atoms with Gasteiger partial charge in [-0.3, -0.25) is 14.6 Å². The molecule has 0 radical (unpaired) electrons. The monoisotopic (exact) mass is 301 g/mol. The number of nitrogens with one attached hydrogen (secondary N) is 1. The number of carbonyl (C=O) groups is 2. The van der Waals surface area contributed by atoms with Crippen LogP contribution < -0.4 is 5.32 Å². The minimum Gasteiger partial charge on any atom is -0.352 e. The number of hydrogen-bond acceptors (Lipinski definition) is 3. The van der Waals surface area contributed by atoms with Gasteiger partial charge in [0.25, 0.3) is 0 Å². The summed E-state index contributed by atoms with van der Waals surface area (Å²) in [6, 6.07) is 3.81. The van der Waals surface area contributed by atoms with E-state index in [0.29, 0.717) is 12.5 Å². The summed E-state index contributed by atoms with van der Waals surface area (Å²) in [5.74, 6) is 0.707. The molecule has 1 aliphatic heterocycles. The fraction of sp³-hybridized carbons (Fsp3) is 0.588. The number of rotatable bonds is 4. The minimum absolute atomic E-state index is 0.0345. The first-order chi connectivity index (χ1) is 10.7. The number of nitrogens with zero attached hydrogens (tertiary/aromatic N) is 2. The lowest BCUT2D eigenvalue weighted by Gasteiger charge is -2.36. The summed E-state index contributed by atoms with van der Waals surface area (Å²) < 4.78 is 0. The van der Waals surface area contributed by atoms with Crippen molar-refractivity contribution in [3.8, 4) is 0 Å². The van der Waals surface area contributed by atoms with Crippen molar-refractivity contribution < 1.29 is 9.59 Å². The molecule has 3 rings (SSSR count). The second-order valence-corrected chi connectivity index (χ2v) is 6.30. The van der Waals surface area contributed by atoms with Crippen LogP contribution in [0.2, 0.25) is 0 Å². The number of carbonyl (C=O) groups excluding carboxylic acids is 2. The summed E-state index contributed by atoms with van der Waals surface area (Å²) in [7, 11) is 0. The topological polar surface area (TPSA) is 62.3 Å². The Bertz CT molecular complexity index is 520. The maximum atomic E-state index is 12.2. The van der Waals surface area contributed by atoms with Gasteiger partial charge in [-0.1, -0.05) is 6.42 Å². The third kappa shape index (κ3) is 3.46. The molecule has 0 aromatic carbocycles. The van der Waals surface area contributed by atoms with E-state index in [2.05, 4.69) is 10.3 Å². The zero-order valence-electron chi connectivity index (χ0n) is 12.8. The Morgan fingerprint density at radius 1 is 1.09 bits per heavy atom. The first-order valence-corrected chi connectivity index (χ1v) is 8.19. The van der Waals surface area contributed by atoms with E-state index in [1.165, 1.54) is 6.42 Å². The van der Waals surface area contributed by atoms with Gasteiger partial charge in [-0.05, 0) is 43.4 Å². The molecule has 0 unspecified atom stereocenters. The number of amides is 2. The summed E-state index contributed by atoms with van der Waals surface area (Å²) in [5, 5.41) is 2.99. The zero-order valence-corrected chi connectivity index (χ0v) is 12.8. The predicted molar refractivity (Wildman–Crippen MR) is 82.7 cm³/mol. The average molecular weight is 301 g/mol. The first-order valence-electron chi connectivity index (χ1n) is 8.19. The number of aromatic nitrogens is 1. The fourth-order valence-corrected chi connectivity index (χ4v) is 3.11. The second kappa shape index (κ2) is 6.90. The smallest absolute Gasteiger partial charge is 0.225 e. The van der Waals surface area contributed by atoms with Crippen LogP contribution in [-0.4, -0.2) is 34.8 Å². The normalized spacial score (nSPS) is 19.5. The molecule has 1 saturated heterocycles. The van der Waals surface area contributed by atoms with Crippen LogP contribution in [0.5, 0.6) is 0 Å². The van der Waals surface area contributed by atoms with Crippen molar-refractivity contribution in [3.63, 3.8) is 0 Å². The van der Waals surface area contributed by atoms with E-state index in [1.54, 1.807) is 12.4 Å². The van der Waals surface area contributed by atoms with Gasteiger partial charge in [0.2, 0.25) is 11.8 Å². The molecule has 118 valence electrons. The Labute approximate surface area is 131 Å². The maximum Gasteiger partial charge on any atom is 0.225 e. The Kier molecular flexibility index (Phi) is 4.71. The molecule has 2 fully saturated rings. The lowest BCUT2D eigenvalue weighted by Crippen LogP contribution is -2.46. The third-order valence-electron chi connectivity index (χ3n) is 4.85. The van der Waals surface area contributed by atoms with Crippen LogP contribution in [-0.2, 0) is 16.1 Å². The molecular weight excluding hydrogens is 278 g/mol. The number of pyridine rings is 1. The summed E-state index contributed by atoms with van der Waals surface area (Å²) in [4.78, 5) is 30.3. The predicted octanol–water partition coefficient (Wildman–Crippen LogP) is 1.74. The highest BCUT2D eigenvalue weighted by Gasteiger charge is 2.33. The van der Waals surface area contributed by atoms with E-state index in [1.807, 2.05) is 17.0 Å². The van der Waals surface area contributed by atoms with E-state index in [0.717, 1.165) is 44.3 Å². The van der Waals surface area contributed by atoms with Crippen LogP contribution in [0.25, 0.3) is 0 Å². The summed E-state index contributed by atoms with van der Waals surface area (Å²) in [5.41, 5.74) is 1.06. The summed E-state index contributed by atoms with van der Waals surface area (Å²) in [6.07, 6.45) is 8.29.